The first-order chi connectivity index (χ1) is 3.68. The lowest BCUT2D eigenvalue weighted by Gasteiger charge is -2.00. The number of amides is 1. The molecule has 2 nitrogen and oxygen atoms in total. The molecule has 6 heteroatoms. The van der Waals surface area contributed by atoms with E-state index in [9.17, 15) is 4.79 Å². The number of thiol groups is 2. The van der Waals surface area contributed by atoms with Crippen molar-refractivity contribution in [2.45, 2.75) is 0 Å². The fourth-order valence-corrected chi connectivity index (χ4v) is 0.795. The van der Waals surface area contributed by atoms with E-state index in [1.165, 1.54) is 4.70 Å². The zero-order valence-electron chi connectivity index (χ0n) is 3.64. The molecular formula is C2H3NOS4. The Morgan fingerprint density at radius 3 is 2.38 bits per heavy atom. The molecule has 0 aromatic rings. The molecule has 0 aromatic heterocycles. The lowest BCUT2D eigenvalue weighted by atomic mass is 11.4. The summed E-state index contributed by atoms with van der Waals surface area (Å²) >= 11 is 12.4. The van der Waals surface area contributed by atoms with E-state index >= 15 is 0 Å². The molecular weight excluding hydrogens is 182 g/mol. The van der Waals surface area contributed by atoms with Crippen molar-refractivity contribution in [2.24, 2.45) is 0 Å². The molecule has 0 radical (unpaired) electrons. The summed E-state index contributed by atoms with van der Waals surface area (Å²) in [5.74, 6) is 0. The Bertz CT molecular complexity index is 102. The fourth-order valence-electron chi connectivity index (χ4n) is 0.0883. The van der Waals surface area contributed by atoms with E-state index in [4.69, 9.17) is 0 Å². The van der Waals surface area contributed by atoms with Gasteiger partial charge in [-0.15, -0.1) is 0 Å². The number of nitrogens with zero attached hydrogens (tertiary/aromatic N) is 1. The number of thioether (sulfide) groups is 1. The Morgan fingerprint density at radius 2 is 2.25 bits per heavy atom. The smallest absolute Gasteiger partial charge is 0.259 e. The van der Waals surface area contributed by atoms with E-state index in [2.05, 4.69) is 37.8 Å². The zero-order chi connectivity index (χ0) is 6.57. The molecule has 8 heavy (non-hydrogen) atoms. The normalized spacial score (nSPS) is 8.25. The standard InChI is InChI=1S/C2H3NOS4/c4-2(3(6)7)8-1-5/h1,6-7H. The maximum atomic E-state index is 10.4. The second kappa shape index (κ2) is 4.49. The third-order valence-electron chi connectivity index (χ3n) is 0.312. The van der Waals surface area contributed by atoms with Crippen LogP contribution in [0.25, 0.3) is 0 Å². The summed E-state index contributed by atoms with van der Waals surface area (Å²) in [5.41, 5.74) is 0. The molecule has 0 aromatic carbocycles. The molecule has 0 atom stereocenters. The van der Waals surface area contributed by atoms with Crippen molar-refractivity contribution in [1.29, 1.82) is 0 Å². The maximum absolute atomic E-state index is 10.4. The second-order valence-electron chi connectivity index (χ2n) is 0.769. The van der Waals surface area contributed by atoms with Crippen molar-refractivity contribution in [3.63, 3.8) is 0 Å². The Balaban J connectivity index is 3.48. The molecule has 0 spiro atoms. The van der Waals surface area contributed by atoms with E-state index in [0.717, 1.165) is 15.5 Å². The highest BCUT2D eigenvalue weighted by Crippen LogP contribution is 2.09. The van der Waals surface area contributed by atoms with Gasteiger partial charge >= 0.3 is 5.24 Å². The van der Waals surface area contributed by atoms with Gasteiger partial charge in [-0.3, -0.25) is 4.79 Å². The van der Waals surface area contributed by atoms with E-state index in [-0.39, 0.29) is 5.24 Å². The SMILES string of the molecule is O=C(SC=S)N(S)S. The van der Waals surface area contributed by atoms with Crippen LogP contribution in [0.2, 0.25) is 0 Å². The summed E-state index contributed by atoms with van der Waals surface area (Å²) in [6.07, 6.45) is 0. The van der Waals surface area contributed by atoms with Gasteiger partial charge in [-0.1, -0.05) is 37.8 Å². The van der Waals surface area contributed by atoms with Crippen LogP contribution in [0.1, 0.15) is 0 Å². The van der Waals surface area contributed by atoms with Crippen LogP contribution in [0, 0.1) is 0 Å². The quantitative estimate of drug-likeness (QED) is 0.480. The summed E-state index contributed by atoms with van der Waals surface area (Å²) in [6, 6.07) is 0. The van der Waals surface area contributed by atoms with Crippen molar-refractivity contribution >= 4 is 59.5 Å². The van der Waals surface area contributed by atoms with Crippen molar-refractivity contribution in [3.05, 3.63) is 0 Å². The lowest BCUT2D eigenvalue weighted by Crippen LogP contribution is -2.02. The van der Waals surface area contributed by atoms with Gasteiger partial charge in [-0.25, -0.2) is 3.71 Å². The predicted molar refractivity (Wildman–Crippen MR) is 46.5 cm³/mol. The van der Waals surface area contributed by atoms with Gasteiger partial charge in [0.1, 0.15) is 0 Å². The molecule has 0 aliphatic rings. The van der Waals surface area contributed by atoms with Gasteiger partial charge in [0.25, 0.3) is 0 Å². The number of hydrogen-bond acceptors (Lipinski definition) is 5. The Labute approximate surface area is 68.1 Å². The zero-order valence-corrected chi connectivity index (χ0v) is 7.07. The minimum Gasteiger partial charge on any atom is -0.259 e. The molecule has 0 saturated carbocycles. The third-order valence-corrected chi connectivity index (χ3v) is 1.72. The minimum atomic E-state index is -0.299. The van der Waals surface area contributed by atoms with Crippen LogP contribution < -0.4 is 0 Å². The van der Waals surface area contributed by atoms with Crippen LogP contribution in [0.5, 0.6) is 0 Å². The van der Waals surface area contributed by atoms with Crippen molar-refractivity contribution in [2.75, 3.05) is 0 Å². The topological polar surface area (TPSA) is 20.3 Å². The molecule has 0 N–H and O–H groups in total. The number of rotatable bonds is 1. The van der Waals surface area contributed by atoms with Gasteiger partial charge in [-0.2, -0.15) is 0 Å². The monoisotopic (exact) mass is 185 g/mol. The first-order valence-electron chi connectivity index (χ1n) is 1.50. The van der Waals surface area contributed by atoms with Gasteiger partial charge < -0.3 is 0 Å². The number of carbonyl (C=O) groups is 1. The number of carbonyl (C=O) groups excluding carboxylic acids is 1. The molecule has 0 rings (SSSR count). The van der Waals surface area contributed by atoms with E-state index in [0.29, 0.717) is 0 Å². The summed E-state index contributed by atoms with van der Waals surface area (Å²) < 4.78 is 2.12. The molecule has 0 aliphatic heterocycles. The lowest BCUT2D eigenvalue weighted by molar-refractivity contribution is 0.259. The van der Waals surface area contributed by atoms with Crippen molar-refractivity contribution < 1.29 is 4.79 Å². The van der Waals surface area contributed by atoms with Crippen LogP contribution in [-0.2, 0) is 0 Å². The maximum Gasteiger partial charge on any atom is 0.306 e. The predicted octanol–water partition coefficient (Wildman–Crippen LogP) is 1.79. The second-order valence-corrected chi connectivity index (χ2v) is 3.24. The van der Waals surface area contributed by atoms with E-state index in [1.807, 2.05) is 0 Å². The molecule has 1 amide bonds. The molecule has 0 bridgehead atoms. The summed E-state index contributed by atoms with van der Waals surface area (Å²) in [6.45, 7) is 0. The van der Waals surface area contributed by atoms with E-state index < -0.39 is 0 Å². The molecule has 0 aliphatic carbocycles. The van der Waals surface area contributed by atoms with E-state index in [1.54, 1.807) is 0 Å². The highest BCUT2D eigenvalue weighted by atomic mass is 32.2. The summed E-state index contributed by atoms with van der Waals surface area (Å²) in [5, 5.41) is -0.299. The van der Waals surface area contributed by atoms with Crippen molar-refractivity contribution in [1.82, 2.24) is 3.71 Å². The largest absolute Gasteiger partial charge is 0.306 e. The van der Waals surface area contributed by atoms with Crippen LogP contribution in [0.4, 0.5) is 4.79 Å². The highest BCUT2D eigenvalue weighted by Gasteiger charge is 2.01. The van der Waals surface area contributed by atoms with Crippen molar-refractivity contribution in [3.8, 4) is 0 Å². The molecule has 0 fully saturated rings. The number of hydrogen-bond donors (Lipinski definition) is 2. The Kier molecular flexibility index (Phi) is 4.83. The Morgan fingerprint density at radius 1 is 1.75 bits per heavy atom. The fraction of sp³-hybridized carbons (Fsp3) is 0. The molecule has 0 saturated heterocycles. The van der Waals surface area contributed by atoms with Gasteiger partial charge in [0, 0.05) is 4.70 Å². The van der Waals surface area contributed by atoms with Gasteiger partial charge in [0.05, 0.1) is 0 Å². The van der Waals surface area contributed by atoms with Crippen LogP contribution >= 0.6 is 49.6 Å². The number of thiocarbonyl (C=S) groups is 1. The average molecular weight is 185 g/mol. The first kappa shape index (κ1) is 8.61. The van der Waals surface area contributed by atoms with Gasteiger partial charge in [-0.05, 0) is 11.8 Å². The average Bonchev–Trinajstić information content (AvgIpc) is 1.67. The molecule has 46 valence electrons. The Hall–Kier alpha value is 0.610. The third kappa shape index (κ3) is 3.59. The minimum absolute atomic E-state index is 0.299. The van der Waals surface area contributed by atoms with Gasteiger partial charge in [0.2, 0.25) is 0 Å². The summed E-state index contributed by atoms with van der Waals surface area (Å²) in [4.78, 5) is 10.4. The van der Waals surface area contributed by atoms with Crippen LogP contribution in [0.3, 0.4) is 0 Å². The molecule has 0 heterocycles. The first-order valence-corrected chi connectivity index (χ1v) is 3.65. The highest BCUT2D eigenvalue weighted by molar-refractivity contribution is 8.31. The van der Waals surface area contributed by atoms with Crippen LogP contribution in [0.15, 0.2) is 0 Å². The summed E-state index contributed by atoms with van der Waals surface area (Å²) in [7, 11) is 0. The molecule has 0 unspecified atom stereocenters. The van der Waals surface area contributed by atoms with Crippen LogP contribution in [-0.4, -0.2) is 13.6 Å². The van der Waals surface area contributed by atoms with Gasteiger partial charge in [0.15, 0.2) is 0 Å².